The van der Waals surface area contributed by atoms with E-state index in [1.807, 2.05) is 24.3 Å². The molecule has 0 aromatic heterocycles. The number of hydrogen-bond acceptors (Lipinski definition) is 5. The molecule has 2 amide bonds. The Bertz CT molecular complexity index is 1070. The quantitative estimate of drug-likeness (QED) is 0.456. The number of benzene rings is 2. The Labute approximate surface area is 202 Å². The van der Waals surface area contributed by atoms with Gasteiger partial charge in [-0.3, -0.25) is 14.8 Å². The van der Waals surface area contributed by atoms with Gasteiger partial charge in [-0.25, -0.2) is 5.06 Å². The maximum Gasteiger partial charge on any atom is 0.416 e. The van der Waals surface area contributed by atoms with E-state index in [1.165, 1.54) is 30.5 Å². The molecule has 4 rings (SSSR count). The lowest BCUT2D eigenvalue weighted by Gasteiger charge is -2.28. The second kappa shape index (κ2) is 10.2. The molecule has 0 radical (unpaired) electrons. The molecule has 0 saturated carbocycles. The number of halogens is 3. The van der Waals surface area contributed by atoms with Crippen LogP contribution >= 0.6 is 0 Å². The van der Waals surface area contributed by atoms with Gasteiger partial charge in [0.1, 0.15) is 0 Å². The van der Waals surface area contributed by atoms with Crippen molar-refractivity contribution in [2.75, 3.05) is 36.9 Å². The van der Waals surface area contributed by atoms with Crippen LogP contribution in [0.25, 0.3) is 0 Å². The molecule has 0 spiro atoms. The molecule has 2 aromatic rings. The van der Waals surface area contributed by atoms with Gasteiger partial charge in [0.2, 0.25) is 5.91 Å². The number of carbonyl (C=O) groups is 2. The van der Waals surface area contributed by atoms with Crippen molar-refractivity contribution in [2.24, 2.45) is 5.92 Å². The highest BCUT2D eigenvalue weighted by atomic mass is 19.4. The summed E-state index contributed by atoms with van der Waals surface area (Å²) in [4.78, 5) is 27.8. The first kappa shape index (κ1) is 24.8. The summed E-state index contributed by atoms with van der Waals surface area (Å²) in [6, 6.07) is 11.3. The molecular weight excluding hydrogens is 461 g/mol. The van der Waals surface area contributed by atoms with Gasteiger partial charge < -0.3 is 15.1 Å². The highest BCUT2D eigenvalue weighted by Crippen LogP contribution is 2.35. The Kier molecular flexibility index (Phi) is 7.20. The van der Waals surface area contributed by atoms with Gasteiger partial charge in [-0.1, -0.05) is 6.07 Å². The van der Waals surface area contributed by atoms with Crippen LogP contribution in [-0.2, 0) is 22.3 Å². The minimum Gasteiger partial charge on any atom is -0.372 e. The molecule has 2 saturated heterocycles. The molecule has 2 heterocycles. The first-order valence-corrected chi connectivity index (χ1v) is 11.7. The van der Waals surface area contributed by atoms with E-state index < -0.39 is 30.1 Å². The lowest BCUT2D eigenvalue weighted by Crippen LogP contribution is -2.34. The Balaban J connectivity index is 1.47. The summed E-state index contributed by atoms with van der Waals surface area (Å²) in [5.41, 5.74) is 0.798. The second-order valence-corrected chi connectivity index (χ2v) is 9.16. The Morgan fingerprint density at radius 2 is 1.74 bits per heavy atom. The van der Waals surface area contributed by atoms with Crippen molar-refractivity contribution >= 4 is 28.9 Å². The van der Waals surface area contributed by atoms with Crippen LogP contribution in [-0.4, -0.2) is 53.7 Å². The molecular formula is C25H29F3N4O3. The van der Waals surface area contributed by atoms with Crippen molar-refractivity contribution in [1.82, 2.24) is 9.96 Å². The number of nitrogens with one attached hydrogen (secondary N) is 1. The van der Waals surface area contributed by atoms with Crippen LogP contribution in [0.1, 0.15) is 36.8 Å². The zero-order valence-electron chi connectivity index (χ0n) is 19.5. The van der Waals surface area contributed by atoms with Crippen LogP contribution in [0.4, 0.5) is 30.2 Å². The molecule has 1 atom stereocenters. The predicted molar refractivity (Wildman–Crippen MR) is 125 cm³/mol. The molecule has 2 aliphatic heterocycles. The molecule has 2 fully saturated rings. The summed E-state index contributed by atoms with van der Waals surface area (Å²) in [5.74, 6) is -1.79. The molecule has 2 aromatic carbocycles. The summed E-state index contributed by atoms with van der Waals surface area (Å²) >= 11 is 0. The molecule has 188 valence electrons. The number of rotatable bonds is 6. The maximum absolute atomic E-state index is 13.8. The van der Waals surface area contributed by atoms with E-state index >= 15 is 0 Å². The number of piperidine rings is 1. The number of nitrogens with zero attached hydrogens (tertiary/aromatic N) is 3. The van der Waals surface area contributed by atoms with E-state index in [9.17, 15) is 28.0 Å². The third-order valence-electron chi connectivity index (χ3n) is 6.56. The van der Waals surface area contributed by atoms with Gasteiger partial charge in [-0.05, 0) is 61.2 Å². The van der Waals surface area contributed by atoms with Gasteiger partial charge in [0.05, 0.1) is 18.0 Å². The van der Waals surface area contributed by atoms with Crippen LogP contribution < -0.4 is 10.2 Å². The Morgan fingerprint density at radius 1 is 1.09 bits per heavy atom. The highest BCUT2D eigenvalue weighted by molar-refractivity contribution is 5.88. The highest BCUT2D eigenvalue weighted by Gasteiger charge is 2.37. The maximum atomic E-state index is 13.8. The van der Waals surface area contributed by atoms with Gasteiger partial charge in [0.25, 0.3) is 5.91 Å². The lowest BCUT2D eigenvalue weighted by molar-refractivity contribution is -0.173. The average molecular weight is 491 g/mol. The van der Waals surface area contributed by atoms with E-state index in [0.29, 0.717) is 5.69 Å². The van der Waals surface area contributed by atoms with Crippen molar-refractivity contribution in [1.29, 1.82) is 0 Å². The third-order valence-corrected chi connectivity index (χ3v) is 6.56. The number of anilines is 3. The smallest absolute Gasteiger partial charge is 0.372 e. The van der Waals surface area contributed by atoms with E-state index in [4.69, 9.17) is 0 Å². The molecule has 2 aliphatic rings. The number of likely N-dealkylation sites (tertiary alicyclic amines) is 1. The summed E-state index contributed by atoms with van der Waals surface area (Å²) in [7, 11) is 1.53. The van der Waals surface area contributed by atoms with E-state index in [-0.39, 0.29) is 35.2 Å². The zero-order valence-corrected chi connectivity index (χ0v) is 19.5. The number of amides is 2. The fourth-order valence-corrected chi connectivity index (χ4v) is 4.61. The second-order valence-electron chi connectivity index (χ2n) is 9.16. The summed E-state index contributed by atoms with van der Waals surface area (Å²) < 4.78 is 41.4. The van der Waals surface area contributed by atoms with Crippen LogP contribution in [0.15, 0.2) is 42.5 Å². The lowest BCUT2D eigenvalue weighted by atomic mass is 10.0. The van der Waals surface area contributed by atoms with Crippen LogP contribution in [0, 0.1) is 5.92 Å². The third kappa shape index (κ3) is 5.87. The van der Waals surface area contributed by atoms with Crippen molar-refractivity contribution in [3.05, 3.63) is 53.6 Å². The van der Waals surface area contributed by atoms with Crippen molar-refractivity contribution in [2.45, 2.75) is 38.4 Å². The van der Waals surface area contributed by atoms with Crippen LogP contribution in [0.2, 0.25) is 0 Å². The minimum atomic E-state index is -4.68. The van der Waals surface area contributed by atoms with Gasteiger partial charge in [-0.15, -0.1) is 0 Å². The number of alkyl halides is 3. The monoisotopic (exact) mass is 490 g/mol. The molecule has 1 unspecified atom stereocenters. The number of hydroxylamine groups is 2. The van der Waals surface area contributed by atoms with Gasteiger partial charge in [0, 0.05) is 50.2 Å². The van der Waals surface area contributed by atoms with E-state index in [2.05, 4.69) is 10.2 Å². The Morgan fingerprint density at radius 3 is 2.34 bits per heavy atom. The van der Waals surface area contributed by atoms with Crippen molar-refractivity contribution in [3.8, 4) is 0 Å². The average Bonchev–Trinajstić information content (AvgIpc) is 3.18. The van der Waals surface area contributed by atoms with Crippen LogP contribution in [0.5, 0.6) is 0 Å². The molecule has 7 nitrogen and oxygen atoms in total. The number of carbonyl (C=O) groups excluding carboxylic acids is 2. The summed E-state index contributed by atoms with van der Waals surface area (Å²) in [6.07, 6.45) is -1.22. The van der Waals surface area contributed by atoms with Crippen LogP contribution in [0.3, 0.4) is 0 Å². The molecule has 10 heteroatoms. The predicted octanol–water partition coefficient (Wildman–Crippen LogP) is 4.64. The minimum absolute atomic E-state index is 0.0715. The zero-order chi connectivity index (χ0) is 25.2. The SMILES string of the molecule is CN1CC(C(=O)N(O)Cc2ccc(Nc3ccc(N4CCCCC4)cc3)cc2C(F)(F)F)CC1=O. The first-order valence-electron chi connectivity index (χ1n) is 11.7. The normalized spacial score (nSPS) is 18.7. The largest absolute Gasteiger partial charge is 0.416 e. The molecule has 35 heavy (non-hydrogen) atoms. The first-order chi connectivity index (χ1) is 16.6. The van der Waals surface area contributed by atoms with E-state index in [0.717, 1.165) is 37.7 Å². The standard InChI is InChI=1S/C25H29F3N4O3/c1-30-15-18(13-23(30)33)24(34)32(35)16-17-5-6-20(14-22(17)25(26,27)28)29-19-7-9-21(10-8-19)31-11-3-2-4-12-31/h5-10,14,18,29,35H,2-4,11-13,15-16H2,1H3. The summed E-state index contributed by atoms with van der Waals surface area (Å²) in [5, 5.41) is 13.5. The number of hydrogen-bond donors (Lipinski definition) is 2. The van der Waals surface area contributed by atoms with Gasteiger partial charge in [0.15, 0.2) is 0 Å². The topological polar surface area (TPSA) is 76.1 Å². The molecule has 0 bridgehead atoms. The fraction of sp³-hybridized carbons (Fsp3) is 0.440. The van der Waals surface area contributed by atoms with Crippen molar-refractivity contribution in [3.63, 3.8) is 0 Å². The van der Waals surface area contributed by atoms with E-state index in [1.54, 1.807) is 0 Å². The fourth-order valence-electron chi connectivity index (χ4n) is 4.61. The Hall–Kier alpha value is -3.27. The van der Waals surface area contributed by atoms with Gasteiger partial charge in [-0.2, -0.15) is 13.2 Å². The van der Waals surface area contributed by atoms with Gasteiger partial charge >= 0.3 is 6.18 Å². The summed E-state index contributed by atoms with van der Waals surface area (Å²) in [6.45, 7) is 1.50. The van der Waals surface area contributed by atoms with Crippen molar-refractivity contribution < 1.29 is 28.0 Å². The molecule has 2 N–H and O–H groups in total. The molecule has 0 aliphatic carbocycles.